The maximum absolute atomic E-state index is 12.3. The summed E-state index contributed by atoms with van der Waals surface area (Å²) in [7, 11) is 4.15. The molecule has 0 aliphatic carbocycles. The number of carbonyl (C=O) groups is 1. The molecule has 132 valence electrons. The Morgan fingerprint density at radius 3 is 2.64 bits per heavy atom. The van der Waals surface area contributed by atoms with Crippen molar-refractivity contribution < 1.29 is 9.21 Å². The molecular formula is C20H25N3O2. The molecule has 1 fully saturated rings. The van der Waals surface area contributed by atoms with Crippen LogP contribution in [-0.2, 0) is 11.3 Å². The molecule has 0 spiro atoms. The lowest BCUT2D eigenvalue weighted by Crippen LogP contribution is -2.48. The zero-order valence-corrected chi connectivity index (χ0v) is 14.9. The van der Waals surface area contributed by atoms with Gasteiger partial charge >= 0.3 is 0 Å². The average Bonchev–Trinajstić information content (AvgIpc) is 3.13. The van der Waals surface area contributed by atoms with Crippen LogP contribution in [0.15, 0.2) is 53.2 Å². The Hall–Kier alpha value is -2.53. The number of benzene rings is 1. The lowest BCUT2D eigenvalue weighted by molar-refractivity contribution is -0.126. The molecule has 25 heavy (non-hydrogen) atoms. The Morgan fingerprint density at radius 1 is 1.16 bits per heavy atom. The summed E-state index contributed by atoms with van der Waals surface area (Å²) in [5, 5.41) is 0. The second kappa shape index (κ2) is 8.03. The number of furan rings is 1. The first kappa shape index (κ1) is 17.3. The van der Waals surface area contributed by atoms with Crippen LogP contribution in [0.25, 0.3) is 6.08 Å². The van der Waals surface area contributed by atoms with E-state index in [1.165, 1.54) is 11.3 Å². The van der Waals surface area contributed by atoms with E-state index in [9.17, 15) is 4.79 Å². The Bertz CT molecular complexity index is 714. The third kappa shape index (κ3) is 4.73. The van der Waals surface area contributed by atoms with E-state index < -0.39 is 0 Å². The van der Waals surface area contributed by atoms with Crippen molar-refractivity contribution in [2.75, 3.05) is 45.2 Å². The largest absolute Gasteiger partial charge is 0.465 e. The zero-order chi connectivity index (χ0) is 17.6. The summed E-state index contributed by atoms with van der Waals surface area (Å²) in [5.74, 6) is 0.738. The smallest absolute Gasteiger partial charge is 0.246 e. The fourth-order valence-electron chi connectivity index (χ4n) is 3.05. The predicted molar refractivity (Wildman–Crippen MR) is 100 cm³/mol. The van der Waals surface area contributed by atoms with E-state index in [1.54, 1.807) is 18.4 Å². The fourth-order valence-corrected chi connectivity index (χ4v) is 3.05. The highest BCUT2D eigenvalue weighted by atomic mass is 16.3. The summed E-state index contributed by atoms with van der Waals surface area (Å²) in [6, 6.07) is 12.3. The normalized spacial score (nSPS) is 15.3. The first-order valence-corrected chi connectivity index (χ1v) is 8.61. The Balaban J connectivity index is 1.55. The molecule has 5 nitrogen and oxygen atoms in total. The van der Waals surface area contributed by atoms with E-state index in [-0.39, 0.29) is 5.91 Å². The topological polar surface area (TPSA) is 39.9 Å². The number of anilines is 1. The molecule has 5 heteroatoms. The lowest BCUT2D eigenvalue weighted by Gasteiger charge is -2.36. The van der Waals surface area contributed by atoms with Gasteiger partial charge in [-0.3, -0.25) is 4.79 Å². The molecular weight excluding hydrogens is 314 g/mol. The molecule has 0 radical (unpaired) electrons. The third-order valence-corrected chi connectivity index (χ3v) is 4.30. The standard InChI is InChI=1S/C20H25N3O2/c1-21(2)16-17-5-3-6-18(15-17)22-10-12-23(13-11-22)20(24)9-8-19-7-4-14-25-19/h3-9,14-15H,10-13,16H2,1-2H3/b9-8+. The highest BCUT2D eigenvalue weighted by molar-refractivity contribution is 5.91. The number of amides is 1. The van der Waals surface area contributed by atoms with Gasteiger partial charge in [-0.2, -0.15) is 0 Å². The van der Waals surface area contributed by atoms with Crippen LogP contribution in [0.3, 0.4) is 0 Å². The van der Waals surface area contributed by atoms with Crippen LogP contribution in [0, 0.1) is 0 Å². The molecule has 0 atom stereocenters. The second-order valence-corrected chi connectivity index (χ2v) is 6.57. The molecule has 0 N–H and O–H groups in total. The molecule has 0 saturated carbocycles. The summed E-state index contributed by atoms with van der Waals surface area (Å²) in [6.07, 6.45) is 4.92. The molecule has 3 rings (SSSR count). The quantitative estimate of drug-likeness (QED) is 0.785. The van der Waals surface area contributed by atoms with Gasteiger partial charge in [0.05, 0.1) is 6.26 Å². The molecule has 1 aromatic carbocycles. The van der Waals surface area contributed by atoms with Gasteiger partial charge in [-0.15, -0.1) is 0 Å². The highest BCUT2D eigenvalue weighted by Crippen LogP contribution is 2.19. The summed E-state index contributed by atoms with van der Waals surface area (Å²) in [6.45, 7) is 4.11. The molecule has 1 aliphatic rings. The number of nitrogens with zero attached hydrogens (tertiary/aromatic N) is 3. The van der Waals surface area contributed by atoms with Gasteiger partial charge in [-0.25, -0.2) is 0 Å². The summed E-state index contributed by atoms with van der Waals surface area (Å²) < 4.78 is 5.22. The molecule has 1 aliphatic heterocycles. The van der Waals surface area contributed by atoms with Gasteiger partial charge in [-0.05, 0) is 50.0 Å². The van der Waals surface area contributed by atoms with Crippen LogP contribution in [0.5, 0.6) is 0 Å². The zero-order valence-electron chi connectivity index (χ0n) is 14.9. The molecule has 2 aromatic rings. The van der Waals surface area contributed by atoms with E-state index in [4.69, 9.17) is 4.42 Å². The van der Waals surface area contributed by atoms with Crippen molar-refractivity contribution in [2.45, 2.75) is 6.54 Å². The van der Waals surface area contributed by atoms with Crippen LogP contribution in [0.4, 0.5) is 5.69 Å². The van der Waals surface area contributed by atoms with Crippen LogP contribution >= 0.6 is 0 Å². The Morgan fingerprint density at radius 2 is 1.96 bits per heavy atom. The molecule has 2 heterocycles. The second-order valence-electron chi connectivity index (χ2n) is 6.57. The number of hydrogen-bond donors (Lipinski definition) is 0. The van der Waals surface area contributed by atoms with Crippen molar-refractivity contribution in [3.8, 4) is 0 Å². The van der Waals surface area contributed by atoms with Crippen molar-refractivity contribution >= 4 is 17.7 Å². The Kier molecular flexibility index (Phi) is 5.56. The van der Waals surface area contributed by atoms with E-state index in [0.717, 1.165) is 32.7 Å². The van der Waals surface area contributed by atoms with E-state index in [1.807, 2.05) is 17.0 Å². The maximum Gasteiger partial charge on any atom is 0.246 e. The Labute approximate surface area is 149 Å². The lowest BCUT2D eigenvalue weighted by atomic mass is 10.1. The third-order valence-electron chi connectivity index (χ3n) is 4.30. The molecule has 0 bridgehead atoms. The van der Waals surface area contributed by atoms with Gasteiger partial charge in [-0.1, -0.05) is 12.1 Å². The number of hydrogen-bond acceptors (Lipinski definition) is 4. The monoisotopic (exact) mass is 339 g/mol. The molecule has 1 amide bonds. The van der Waals surface area contributed by atoms with Gasteiger partial charge in [0.2, 0.25) is 5.91 Å². The van der Waals surface area contributed by atoms with Gasteiger partial charge < -0.3 is 19.1 Å². The first-order chi connectivity index (χ1) is 12.1. The van der Waals surface area contributed by atoms with Gasteiger partial charge in [0.25, 0.3) is 0 Å². The average molecular weight is 339 g/mol. The van der Waals surface area contributed by atoms with Gasteiger partial charge in [0.1, 0.15) is 5.76 Å². The van der Waals surface area contributed by atoms with Crippen molar-refractivity contribution in [1.82, 2.24) is 9.80 Å². The number of carbonyl (C=O) groups excluding carboxylic acids is 1. The SMILES string of the molecule is CN(C)Cc1cccc(N2CCN(C(=O)/C=C/c3ccco3)CC2)c1. The summed E-state index contributed by atoms with van der Waals surface area (Å²) >= 11 is 0. The molecule has 0 unspecified atom stereocenters. The fraction of sp³-hybridized carbons (Fsp3) is 0.350. The van der Waals surface area contributed by atoms with Crippen molar-refractivity contribution in [3.63, 3.8) is 0 Å². The van der Waals surface area contributed by atoms with Crippen molar-refractivity contribution in [2.24, 2.45) is 0 Å². The van der Waals surface area contributed by atoms with Crippen LogP contribution in [-0.4, -0.2) is 56.0 Å². The van der Waals surface area contributed by atoms with E-state index in [0.29, 0.717) is 5.76 Å². The highest BCUT2D eigenvalue weighted by Gasteiger charge is 2.20. The maximum atomic E-state index is 12.3. The summed E-state index contributed by atoms with van der Waals surface area (Å²) in [5.41, 5.74) is 2.54. The minimum absolute atomic E-state index is 0.0393. The molecule has 1 saturated heterocycles. The minimum Gasteiger partial charge on any atom is -0.465 e. The number of rotatable bonds is 5. The van der Waals surface area contributed by atoms with Gasteiger partial charge in [0.15, 0.2) is 0 Å². The van der Waals surface area contributed by atoms with Crippen LogP contribution in [0.1, 0.15) is 11.3 Å². The summed E-state index contributed by atoms with van der Waals surface area (Å²) in [4.78, 5) is 18.7. The van der Waals surface area contributed by atoms with Crippen LogP contribution < -0.4 is 4.90 Å². The first-order valence-electron chi connectivity index (χ1n) is 8.61. The minimum atomic E-state index is 0.0393. The number of piperazine rings is 1. The van der Waals surface area contributed by atoms with E-state index >= 15 is 0 Å². The van der Waals surface area contributed by atoms with Gasteiger partial charge in [0, 0.05) is 44.5 Å². The van der Waals surface area contributed by atoms with Crippen LogP contribution in [0.2, 0.25) is 0 Å². The van der Waals surface area contributed by atoms with E-state index in [2.05, 4.69) is 48.2 Å². The van der Waals surface area contributed by atoms with Crippen molar-refractivity contribution in [3.05, 3.63) is 60.1 Å². The molecule has 1 aromatic heterocycles. The van der Waals surface area contributed by atoms with Crippen molar-refractivity contribution in [1.29, 1.82) is 0 Å². The predicted octanol–water partition coefficient (Wildman–Crippen LogP) is 2.70.